The van der Waals surface area contributed by atoms with Crippen molar-refractivity contribution in [2.45, 2.75) is 46.2 Å². The van der Waals surface area contributed by atoms with Crippen molar-refractivity contribution in [3.05, 3.63) is 37.2 Å². The normalized spacial score (nSPS) is 12.8. The molecule has 0 fully saturated rings. The third-order valence-electron chi connectivity index (χ3n) is 3.48. The molecule has 0 spiro atoms. The fourth-order valence-corrected chi connectivity index (χ4v) is 4.29. The van der Waals surface area contributed by atoms with Crippen LogP contribution in [0.4, 0.5) is 0 Å². The molecule has 3 nitrogen and oxygen atoms in total. The smallest absolute Gasteiger partial charge is 0.0850 e. The molecule has 116 valence electrons. The summed E-state index contributed by atoms with van der Waals surface area (Å²) in [6, 6.07) is 4.54. The third kappa shape index (κ3) is 3.89. The van der Waals surface area contributed by atoms with E-state index in [0.717, 1.165) is 46.1 Å². The summed E-state index contributed by atoms with van der Waals surface area (Å²) in [4.78, 5) is 1.32. The minimum absolute atomic E-state index is 0.274. The van der Waals surface area contributed by atoms with Gasteiger partial charge in [0.05, 0.1) is 20.2 Å². The van der Waals surface area contributed by atoms with E-state index in [1.807, 2.05) is 4.68 Å². The van der Waals surface area contributed by atoms with Crippen LogP contribution in [0.15, 0.2) is 15.9 Å². The van der Waals surface area contributed by atoms with Crippen LogP contribution in [0.5, 0.6) is 0 Å². The summed E-state index contributed by atoms with van der Waals surface area (Å²) in [5, 5.41) is 9.00. The Morgan fingerprint density at radius 1 is 1.38 bits per heavy atom. The number of aromatic nitrogens is 2. The molecule has 0 amide bonds. The molecule has 0 bridgehead atoms. The van der Waals surface area contributed by atoms with E-state index in [-0.39, 0.29) is 6.04 Å². The number of halogens is 2. The van der Waals surface area contributed by atoms with Crippen molar-refractivity contribution in [2.75, 3.05) is 6.54 Å². The van der Waals surface area contributed by atoms with Gasteiger partial charge in [0, 0.05) is 23.9 Å². The highest BCUT2D eigenvalue weighted by Crippen LogP contribution is 2.32. The highest BCUT2D eigenvalue weighted by atomic mass is 79.9. The lowest BCUT2D eigenvalue weighted by Crippen LogP contribution is -2.23. The van der Waals surface area contributed by atoms with Gasteiger partial charge in [-0.25, -0.2) is 0 Å². The average molecular weight is 391 g/mol. The number of nitrogens with one attached hydrogen (secondary N) is 1. The number of aryl methyl sites for hydroxylation is 2. The van der Waals surface area contributed by atoms with Gasteiger partial charge in [0.15, 0.2) is 0 Å². The Labute approximate surface area is 143 Å². The van der Waals surface area contributed by atoms with Gasteiger partial charge in [-0.2, -0.15) is 5.10 Å². The number of hydrogen-bond acceptors (Lipinski definition) is 3. The molecule has 2 aromatic heterocycles. The van der Waals surface area contributed by atoms with Gasteiger partial charge in [-0.1, -0.05) is 25.4 Å². The number of nitrogens with zero attached hydrogens (tertiary/aromatic N) is 2. The van der Waals surface area contributed by atoms with E-state index in [1.54, 1.807) is 11.3 Å². The quantitative estimate of drug-likeness (QED) is 0.733. The Morgan fingerprint density at radius 3 is 2.67 bits per heavy atom. The first-order valence-corrected chi connectivity index (χ1v) is 9.32. The molecule has 2 heterocycles. The second-order valence-corrected chi connectivity index (χ2v) is 7.71. The molecule has 0 radical (unpaired) electrons. The van der Waals surface area contributed by atoms with Crippen molar-refractivity contribution in [1.82, 2.24) is 15.1 Å². The van der Waals surface area contributed by atoms with Crippen molar-refractivity contribution in [2.24, 2.45) is 0 Å². The SMILES string of the molecule is CCNC(Cc1c(Cl)c(CC)nn1CC)c1ccc(Br)s1. The van der Waals surface area contributed by atoms with E-state index in [9.17, 15) is 0 Å². The zero-order valence-electron chi connectivity index (χ0n) is 12.6. The molecule has 21 heavy (non-hydrogen) atoms. The monoisotopic (exact) mass is 389 g/mol. The third-order valence-corrected chi connectivity index (χ3v) is 5.65. The summed E-state index contributed by atoms with van der Waals surface area (Å²) in [6.07, 6.45) is 1.73. The Kier molecular flexibility index (Phi) is 6.29. The van der Waals surface area contributed by atoms with Crippen LogP contribution in [0.3, 0.4) is 0 Å². The number of rotatable bonds is 7. The van der Waals surface area contributed by atoms with Crippen LogP contribution in [-0.4, -0.2) is 16.3 Å². The molecule has 2 rings (SSSR count). The lowest BCUT2D eigenvalue weighted by molar-refractivity contribution is 0.522. The zero-order chi connectivity index (χ0) is 15.4. The molecule has 2 aromatic rings. The first-order valence-electron chi connectivity index (χ1n) is 7.33. The topological polar surface area (TPSA) is 29.9 Å². The van der Waals surface area contributed by atoms with Gasteiger partial charge in [-0.05, 0) is 48.0 Å². The van der Waals surface area contributed by atoms with Crippen LogP contribution < -0.4 is 5.32 Å². The second kappa shape index (κ2) is 7.77. The van der Waals surface area contributed by atoms with Gasteiger partial charge in [0.1, 0.15) is 0 Å². The Bertz CT molecular complexity index is 594. The van der Waals surface area contributed by atoms with Gasteiger partial charge in [0.2, 0.25) is 0 Å². The molecule has 0 aliphatic heterocycles. The first-order chi connectivity index (χ1) is 10.1. The summed E-state index contributed by atoms with van der Waals surface area (Å²) >= 11 is 11.8. The maximum atomic E-state index is 6.53. The van der Waals surface area contributed by atoms with Crippen molar-refractivity contribution >= 4 is 38.9 Å². The summed E-state index contributed by atoms with van der Waals surface area (Å²) in [6.45, 7) is 8.11. The molecule has 0 aromatic carbocycles. The Balaban J connectivity index is 2.30. The fraction of sp³-hybridized carbons (Fsp3) is 0.533. The van der Waals surface area contributed by atoms with Crippen LogP contribution in [0.2, 0.25) is 5.02 Å². The van der Waals surface area contributed by atoms with Crippen LogP contribution in [0.25, 0.3) is 0 Å². The van der Waals surface area contributed by atoms with Crippen LogP contribution in [0, 0.1) is 0 Å². The molecular formula is C15H21BrClN3S. The van der Waals surface area contributed by atoms with E-state index in [1.165, 1.54) is 4.88 Å². The first kappa shape index (κ1) is 17.0. The van der Waals surface area contributed by atoms with E-state index in [4.69, 9.17) is 11.6 Å². The lowest BCUT2D eigenvalue weighted by atomic mass is 10.1. The molecule has 1 atom stereocenters. The van der Waals surface area contributed by atoms with Gasteiger partial charge in [-0.3, -0.25) is 4.68 Å². The minimum atomic E-state index is 0.274. The van der Waals surface area contributed by atoms with Crippen LogP contribution in [-0.2, 0) is 19.4 Å². The largest absolute Gasteiger partial charge is 0.309 e. The molecule has 0 saturated heterocycles. The molecule has 1 unspecified atom stereocenters. The number of thiophene rings is 1. The molecular weight excluding hydrogens is 370 g/mol. The van der Waals surface area contributed by atoms with Crippen molar-refractivity contribution in [3.8, 4) is 0 Å². The summed E-state index contributed by atoms with van der Waals surface area (Å²) in [5.41, 5.74) is 2.13. The minimum Gasteiger partial charge on any atom is -0.309 e. The predicted octanol–water partition coefficient (Wildman–Crippen LogP) is 4.84. The van der Waals surface area contributed by atoms with Crippen molar-refractivity contribution < 1.29 is 0 Å². The molecule has 6 heteroatoms. The molecule has 0 saturated carbocycles. The highest BCUT2D eigenvalue weighted by Gasteiger charge is 2.20. The number of likely N-dealkylation sites (N-methyl/N-ethyl adjacent to an activating group) is 1. The van der Waals surface area contributed by atoms with Crippen molar-refractivity contribution in [3.63, 3.8) is 0 Å². The molecule has 0 aliphatic carbocycles. The molecule has 1 N–H and O–H groups in total. The van der Waals surface area contributed by atoms with Crippen molar-refractivity contribution in [1.29, 1.82) is 0 Å². The van der Waals surface area contributed by atoms with E-state index < -0.39 is 0 Å². The van der Waals surface area contributed by atoms with E-state index in [2.05, 4.69) is 59.2 Å². The summed E-state index contributed by atoms with van der Waals surface area (Å²) in [7, 11) is 0. The summed E-state index contributed by atoms with van der Waals surface area (Å²) < 4.78 is 3.19. The van der Waals surface area contributed by atoms with Gasteiger partial charge in [-0.15, -0.1) is 11.3 Å². The van der Waals surface area contributed by atoms with Crippen LogP contribution >= 0.6 is 38.9 Å². The Hall–Kier alpha value is -0.360. The Morgan fingerprint density at radius 2 is 2.14 bits per heavy atom. The van der Waals surface area contributed by atoms with Crippen LogP contribution in [0.1, 0.15) is 43.1 Å². The van der Waals surface area contributed by atoms with Gasteiger partial charge >= 0.3 is 0 Å². The predicted molar refractivity (Wildman–Crippen MR) is 94.4 cm³/mol. The van der Waals surface area contributed by atoms with Gasteiger partial charge in [0.25, 0.3) is 0 Å². The lowest BCUT2D eigenvalue weighted by Gasteiger charge is -2.17. The highest BCUT2D eigenvalue weighted by molar-refractivity contribution is 9.11. The second-order valence-electron chi connectivity index (χ2n) is 4.83. The van der Waals surface area contributed by atoms with Gasteiger partial charge < -0.3 is 5.32 Å². The maximum absolute atomic E-state index is 6.53. The fourth-order valence-electron chi connectivity index (χ4n) is 2.44. The zero-order valence-corrected chi connectivity index (χ0v) is 15.8. The summed E-state index contributed by atoms with van der Waals surface area (Å²) in [5.74, 6) is 0. The average Bonchev–Trinajstić information content (AvgIpc) is 3.03. The van der Waals surface area contributed by atoms with E-state index in [0.29, 0.717) is 0 Å². The van der Waals surface area contributed by atoms with E-state index >= 15 is 0 Å². The molecule has 0 aliphatic rings. The standard InChI is InChI=1S/C15H21BrClN3S/c1-4-10-15(17)12(20(6-3)19-10)9-11(18-5-2)13-7-8-14(16)21-13/h7-8,11,18H,4-6,9H2,1-3H3. The number of hydrogen-bond donors (Lipinski definition) is 1. The maximum Gasteiger partial charge on any atom is 0.0850 e.